The standard InChI is InChI=1S/C28H24N8O7/c1-28(2,3)30-25(39)14-10-17(19-12-35(33-31-19)21-8-4-6-15(23(21)37)26(40)41)29-18(11-14)20-13-36(34-32-20)22-9-5-7-16(24(22)38)27(42)43/h4-13,37-38H,1-3H3,(H,30,39)(H,40,41)(H,42,43). The van der Waals surface area contributed by atoms with Crippen molar-refractivity contribution in [2.75, 3.05) is 0 Å². The van der Waals surface area contributed by atoms with Crippen LogP contribution in [0.2, 0.25) is 0 Å². The van der Waals surface area contributed by atoms with Crippen LogP contribution in [0.1, 0.15) is 51.8 Å². The molecule has 0 aliphatic heterocycles. The molecule has 3 aromatic heterocycles. The highest BCUT2D eigenvalue weighted by molar-refractivity contribution is 5.96. The molecule has 0 spiro atoms. The normalized spacial score (nSPS) is 11.3. The van der Waals surface area contributed by atoms with Crippen molar-refractivity contribution < 1.29 is 34.8 Å². The molecule has 15 nitrogen and oxygen atoms in total. The smallest absolute Gasteiger partial charge is 0.339 e. The third-order valence-corrected chi connectivity index (χ3v) is 6.07. The summed E-state index contributed by atoms with van der Waals surface area (Å²) in [4.78, 5) is 40.7. The number of aromatic nitrogens is 7. The third-order valence-electron chi connectivity index (χ3n) is 6.07. The Balaban J connectivity index is 1.59. The van der Waals surface area contributed by atoms with E-state index in [1.807, 2.05) is 20.8 Å². The summed E-state index contributed by atoms with van der Waals surface area (Å²) < 4.78 is 2.35. The van der Waals surface area contributed by atoms with Gasteiger partial charge in [0, 0.05) is 11.1 Å². The summed E-state index contributed by atoms with van der Waals surface area (Å²) in [6, 6.07) is 11.3. The van der Waals surface area contributed by atoms with Crippen LogP contribution in [0.5, 0.6) is 11.5 Å². The second-order valence-corrected chi connectivity index (χ2v) is 10.4. The molecule has 0 fully saturated rings. The number of phenols is 2. The molecule has 43 heavy (non-hydrogen) atoms. The van der Waals surface area contributed by atoms with Crippen LogP contribution in [0.15, 0.2) is 60.9 Å². The number of amides is 1. The quantitative estimate of drug-likeness (QED) is 0.186. The number of rotatable bonds is 7. The minimum atomic E-state index is -1.32. The molecule has 0 unspecified atom stereocenters. The van der Waals surface area contributed by atoms with E-state index < -0.39 is 34.9 Å². The van der Waals surface area contributed by atoms with Gasteiger partial charge in [-0.15, -0.1) is 10.2 Å². The van der Waals surface area contributed by atoms with Crippen LogP contribution in [-0.2, 0) is 0 Å². The van der Waals surface area contributed by atoms with Gasteiger partial charge in [0.2, 0.25) is 0 Å². The van der Waals surface area contributed by atoms with Crippen LogP contribution in [-0.4, -0.2) is 78.8 Å². The number of carboxylic acid groups (broad SMARTS) is 2. The van der Waals surface area contributed by atoms with Gasteiger partial charge < -0.3 is 25.7 Å². The SMILES string of the molecule is CC(C)(C)NC(=O)c1cc(-c2cn(-c3cccc(C(=O)O)c3O)nn2)nc(-c2cn(-c3cccc(C(=O)O)c3O)nn2)c1. The monoisotopic (exact) mass is 584 g/mol. The molecular weight excluding hydrogens is 560 g/mol. The number of benzene rings is 2. The number of hydrogen-bond acceptors (Lipinski definition) is 10. The van der Waals surface area contributed by atoms with Gasteiger partial charge in [-0.25, -0.2) is 23.9 Å². The van der Waals surface area contributed by atoms with E-state index in [1.54, 1.807) is 0 Å². The number of pyridine rings is 1. The molecule has 0 atom stereocenters. The van der Waals surface area contributed by atoms with Crippen molar-refractivity contribution in [2.45, 2.75) is 26.3 Å². The number of carboxylic acids is 2. The Morgan fingerprint density at radius 2 is 1.16 bits per heavy atom. The van der Waals surface area contributed by atoms with Crippen molar-refractivity contribution in [3.63, 3.8) is 0 Å². The highest BCUT2D eigenvalue weighted by Crippen LogP contribution is 2.30. The largest absolute Gasteiger partial charge is 0.505 e. The number of nitrogens with zero attached hydrogens (tertiary/aromatic N) is 7. The first kappa shape index (κ1) is 28.4. The molecule has 5 aromatic rings. The first-order valence-corrected chi connectivity index (χ1v) is 12.6. The van der Waals surface area contributed by atoms with Gasteiger partial charge in [0.05, 0.1) is 23.8 Å². The van der Waals surface area contributed by atoms with Gasteiger partial charge in [0.15, 0.2) is 11.5 Å². The van der Waals surface area contributed by atoms with Gasteiger partial charge in [-0.3, -0.25) is 4.79 Å². The summed E-state index contributed by atoms with van der Waals surface area (Å²) in [7, 11) is 0. The molecule has 0 aliphatic rings. The van der Waals surface area contributed by atoms with Crippen molar-refractivity contribution in [3.8, 4) is 45.6 Å². The van der Waals surface area contributed by atoms with Crippen LogP contribution >= 0.6 is 0 Å². The van der Waals surface area contributed by atoms with Crippen molar-refractivity contribution in [1.82, 2.24) is 40.3 Å². The van der Waals surface area contributed by atoms with Gasteiger partial charge in [-0.05, 0) is 57.2 Å². The van der Waals surface area contributed by atoms with E-state index in [1.165, 1.54) is 70.3 Å². The average molecular weight is 585 g/mol. The van der Waals surface area contributed by atoms with Gasteiger partial charge in [-0.2, -0.15) is 0 Å². The molecular formula is C28H24N8O7. The fourth-order valence-electron chi connectivity index (χ4n) is 4.11. The lowest BCUT2D eigenvalue weighted by atomic mass is 10.1. The molecule has 218 valence electrons. The van der Waals surface area contributed by atoms with Crippen LogP contribution in [0.3, 0.4) is 0 Å². The van der Waals surface area contributed by atoms with Crippen molar-refractivity contribution >= 4 is 17.8 Å². The molecule has 5 N–H and O–H groups in total. The summed E-state index contributed by atoms with van der Waals surface area (Å²) in [5, 5.41) is 58.7. The maximum Gasteiger partial charge on any atom is 0.339 e. The van der Waals surface area contributed by atoms with Crippen molar-refractivity contribution in [3.05, 3.63) is 77.6 Å². The number of para-hydroxylation sites is 2. The maximum atomic E-state index is 13.2. The Morgan fingerprint density at radius 1 is 0.721 bits per heavy atom. The Morgan fingerprint density at radius 3 is 1.56 bits per heavy atom. The van der Waals surface area contributed by atoms with Crippen LogP contribution in [0.4, 0.5) is 0 Å². The number of carbonyl (C=O) groups excluding carboxylic acids is 1. The van der Waals surface area contributed by atoms with Crippen LogP contribution in [0.25, 0.3) is 34.2 Å². The van der Waals surface area contributed by atoms with E-state index in [4.69, 9.17) is 0 Å². The molecule has 0 radical (unpaired) electrons. The highest BCUT2D eigenvalue weighted by atomic mass is 16.4. The Hall–Kier alpha value is -6.12. The zero-order valence-corrected chi connectivity index (χ0v) is 22.9. The number of hydrogen-bond donors (Lipinski definition) is 5. The van der Waals surface area contributed by atoms with Gasteiger partial charge in [0.1, 0.15) is 33.9 Å². The molecule has 3 heterocycles. The first-order chi connectivity index (χ1) is 20.3. The van der Waals surface area contributed by atoms with Gasteiger partial charge in [-0.1, -0.05) is 22.6 Å². The van der Waals surface area contributed by atoms with E-state index in [2.05, 4.69) is 30.9 Å². The molecule has 15 heteroatoms. The number of carbonyl (C=O) groups is 3. The lowest BCUT2D eigenvalue weighted by Gasteiger charge is -2.20. The third kappa shape index (κ3) is 5.72. The topological polar surface area (TPSA) is 218 Å². The maximum absolute atomic E-state index is 13.2. The second-order valence-electron chi connectivity index (χ2n) is 10.4. The minimum absolute atomic E-state index is 0.0619. The van der Waals surface area contributed by atoms with Crippen LogP contribution < -0.4 is 5.32 Å². The van der Waals surface area contributed by atoms with Gasteiger partial charge >= 0.3 is 11.9 Å². The van der Waals surface area contributed by atoms with E-state index in [9.17, 15) is 34.8 Å². The first-order valence-electron chi connectivity index (χ1n) is 12.6. The number of nitrogens with one attached hydrogen (secondary N) is 1. The lowest BCUT2D eigenvalue weighted by Crippen LogP contribution is -2.40. The summed E-state index contributed by atoms with van der Waals surface area (Å²) in [6.07, 6.45) is 2.81. The van der Waals surface area contributed by atoms with E-state index in [0.29, 0.717) is 0 Å². The molecule has 0 saturated carbocycles. The molecule has 0 saturated heterocycles. The molecule has 5 rings (SSSR count). The van der Waals surface area contributed by atoms with E-state index in [-0.39, 0.29) is 50.8 Å². The second kappa shape index (κ2) is 10.7. The predicted molar refractivity (Wildman–Crippen MR) is 149 cm³/mol. The number of aromatic hydroxyl groups is 2. The summed E-state index contributed by atoms with van der Waals surface area (Å²) in [5.74, 6) is -4.08. The molecule has 0 aliphatic carbocycles. The van der Waals surface area contributed by atoms with Crippen LogP contribution in [0, 0.1) is 0 Å². The summed E-state index contributed by atoms with van der Waals surface area (Å²) >= 11 is 0. The summed E-state index contributed by atoms with van der Waals surface area (Å²) in [5.41, 5.74) is -0.116. The van der Waals surface area contributed by atoms with Crippen molar-refractivity contribution in [2.24, 2.45) is 0 Å². The van der Waals surface area contributed by atoms with Crippen molar-refractivity contribution in [1.29, 1.82) is 0 Å². The number of aromatic carboxylic acids is 2. The zero-order valence-electron chi connectivity index (χ0n) is 22.9. The molecule has 0 bridgehead atoms. The fraction of sp³-hybridized carbons (Fsp3) is 0.143. The summed E-state index contributed by atoms with van der Waals surface area (Å²) in [6.45, 7) is 5.46. The predicted octanol–water partition coefficient (Wildman–Crippen LogP) is 2.91. The molecule has 2 aromatic carbocycles. The Bertz CT molecular complexity index is 1790. The zero-order chi connectivity index (χ0) is 31.1. The van der Waals surface area contributed by atoms with Gasteiger partial charge in [0.25, 0.3) is 5.91 Å². The Labute approximate surface area is 242 Å². The minimum Gasteiger partial charge on any atom is -0.505 e. The highest BCUT2D eigenvalue weighted by Gasteiger charge is 2.22. The van der Waals surface area contributed by atoms with E-state index >= 15 is 0 Å². The Kier molecular flexibility index (Phi) is 7.07. The fourth-order valence-corrected chi connectivity index (χ4v) is 4.11. The van der Waals surface area contributed by atoms with E-state index in [0.717, 1.165) is 0 Å². The molecule has 1 amide bonds. The lowest BCUT2D eigenvalue weighted by molar-refractivity contribution is 0.0682. The average Bonchev–Trinajstić information content (AvgIpc) is 3.63.